The zero-order valence-electron chi connectivity index (χ0n) is 14.4. The predicted molar refractivity (Wildman–Crippen MR) is 101 cm³/mol. The third-order valence-corrected chi connectivity index (χ3v) is 4.20. The number of amides is 1. The van der Waals surface area contributed by atoms with E-state index in [9.17, 15) is 9.59 Å². The van der Waals surface area contributed by atoms with Gasteiger partial charge in [0.2, 0.25) is 0 Å². The molecule has 5 nitrogen and oxygen atoms in total. The van der Waals surface area contributed by atoms with E-state index in [0.29, 0.717) is 46.0 Å². The maximum absolute atomic E-state index is 12.6. The Bertz CT molecular complexity index is 744. The Hall–Kier alpha value is -2.34. The van der Waals surface area contributed by atoms with E-state index >= 15 is 0 Å². The summed E-state index contributed by atoms with van der Waals surface area (Å²) >= 11 is 3.44. The van der Waals surface area contributed by atoms with Gasteiger partial charge in [-0.3, -0.25) is 9.59 Å². The summed E-state index contributed by atoms with van der Waals surface area (Å²) in [7, 11) is 0. The summed E-state index contributed by atoms with van der Waals surface area (Å²) in [6.45, 7) is 6.19. The fraction of sp³-hybridized carbons (Fsp3) is 0.263. The summed E-state index contributed by atoms with van der Waals surface area (Å²) in [4.78, 5) is 23.9. The molecule has 0 fully saturated rings. The van der Waals surface area contributed by atoms with E-state index in [0.717, 1.165) is 0 Å². The third-order valence-electron chi connectivity index (χ3n) is 3.42. The molecule has 2 rings (SSSR count). The quantitative estimate of drug-likeness (QED) is 0.677. The van der Waals surface area contributed by atoms with Crippen molar-refractivity contribution in [3.05, 3.63) is 52.0 Å². The van der Waals surface area contributed by atoms with Crippen LogP contribution in [0, 0.1) is 0 Å². The van der Waals surface area contributed by atoms with E-state index in [1.165, 1.54) is 6.92 Å². The smallest absolute Gasteiger partial charge is 0.255 e. The van der Waals surface area contributed by atoms with Gasteiger partial charge >= 0.3 is 0 Å². The van der Waals surface area contributed by atoms with Crippen LogP contribution in [0.3, 0.4) is 0 Å². The molecule has 0 atom stereocenters. The number of nitrogens with one attached hydrogen (secondary N) is 1. The van der Waals surface area contributed by atoms with Gasteiger partial charge in [0, 0.05) is 16.8 Å². The van der Waals surface area contributed by atoms with Crippen LogP contribution in [0.15, 0.2) is 40.9 Å². The van der Waals surface area contributed by atoms with Gasteiger partial charge in [-0.25, -0.2) is 0 Å². The molecule has 0 bridgehead atoms. The molecular formula is C19H20BrNO4. The van der Waals surface area contributed by atoms with Gasteiger partial charge in [-0.05, 0) is 73.1 Å². The van der Waals surface area contributed by atoms with Gasteiger partial charge in [0.05, 0.1) is 13.2 Å². The molecule has 6 heteroatoms. The summed E-state index contributed by atoms with van der Waals surface area (Å²) in [6.07, 6.45) is 0. The zero-order chi connectivity index (χ0) is 18.4. The Kier molecular flexibility index (Phi) is 6.58. The minimum Gasteiger partial charge on any atom is -0.493 e. The van der Waals surface area contributed by atoms with Crippen LogP contribution in [0.2, 0.25) is 0 Å². The second-order valence-electron chi connectivity index (χ2n) is 5.24. The first-order valence-corrected chi connectivity index (χ1v) is 8.77. The van der Waals surface area contributed by atoms with Gasteiger partial charge in [-0.2, -0.15) is 0 Å². The number of hydrogen-bond acceptors (Lipinski definition) is 4. The molecule has 25 heavy (non-hydrogen) atoms. The normalized spacial score (nSPS) is 10.2. The predicted octanol–water partition coefficient (Wildman–Crippen LogP) is 4.70. The van der Waals surface area contributed by atoms with Crippen molar-refractivity contribution in [2.45, 2.75) is 20.8 Å². The average molecular weight is 406 g/mol. The lowest BCUT2D eigenvalue weighted by Gasteiger charge is -2.14. The van der Waals surface area contributed by atoms with Crippen LogP contribution in [0.5, 0.6) is 11.5 Å². The Labute approximate surface area is 155 Å². The van der Waals surface area contributed by atoms with Crippen molar-refractivity contribution in [2.24, 2.45) is 0 Å². The number of carbonyl (C=O) groups is 2. The van der Waals surface area contributed by atoms with E-state index in [-0.39, 0.29) is 11.7 Å². The van der Waals surface area contributed by atoms with Crippen LogP contribution in [0.4, 0.5) is 5.69 Å². The molecule has 0 aliphatic rings. The highest BCUT2D eigenvalue weighted by Crippen LogP contribution is 2.36. The van der Waals surface area contributed by atoms with Gasteiger partial charge in [0.25, 0.3) is 5.91 Å². The first-order valence-electron chi connectivity index (χ1n) is 7.97. The number of rotatable bonds is 7. The summed E-state index contributed by atoms with van der Waals surface area (Å²) in [5.41, 5.74) is 1.62. The number of ether oxygens (including phenoxy) is 2. The number of carbonyl (C=O) groups excluding carboxylic acids is 2. The maximum atomic E-state index is 12.6. The molecular weight excluding hydrogens is 386 g/mol. The number of hydrogen-bond donors (Lipinski definition) is 1. The Morgan fingerprint density at radius 2 is 1.48 bits per heavy atom. The number of ketones is 1. The van der Waals surface area contributed by atoms with E-state index in [1.54, 1.807) is 36.4 Å². The van der Waals surface area contributed by atoms with Crippen molar-refractivity contribution >= 4 is 33.3 Å². The molecule has 0 aromatic heterocycles. The van der Waals surface area contributed by atoms with Gasteiger partial charge < -0.3 is 14.8 Å². The molecule has 0 heterocycles. The molecule has 1 amide bonds. The first-order chi connectivity index (χ1) is 12.0. The maximum Gasteiger partial charge on any atom is 0.255 e. The van der Waals surface area contributed by atoms with Gasteiger partial charge in [0.1, 0.15) is 16.0 Å². The van der Waals surface area contributed by atoms with E-state index in [4.69, 9.17) is 9.47 Å². The van der Waals surface area contributed by atoms with Gasteiger partial charge in [-0.15, -0.1) is 0 Å². The Balaban J connectivity index is 2.26. The zero-order valence-corrected chi connectivity index (χ0v) is 16.0. The largest absolute Gasteiger partial charge is 0.493 e. The molecule has 0 unspecified atom stereocenters. The highest BCUT2D eigenvalue weighted by atomic mass is 79.9. The highest BCUT2D eigenvalue weighted by molar-refractivity contribution is 9.10. The lowest BCUT2D eigenvalue weighted by Crippen LogP contribution is -2.13. The summed E-state index contributed by atoms with van der Waals surface area (Å²) < 4.78 is 11.8. The standard InChI is InChI=1S/C19H20BrNO4/c1-4-24-16-10-14(11-17(18(16)20)25-5-2)19(23)21-15-8-6-13(7-9-15)12(3)22/h6-11H,4-5H2,1-3H3,(H,21,23). The van der Waals surface area contributed by atoms with Gasteiger partial charge in [0.15, 0.2) is 5.78 Å². The topological polar surface area (TPSA) is 64.6 Å². The monoisotopic (exact) mass is 405 g/mol. The second kappa shape index (κ2) is 8.67. The average Bonchev–Trinajstić information content (AvgIpc) is 2.59. The van der Waals surface area contributed by atoms with Crippen molar-refractivity contribution in [3.8, 4) is 11.5 Å². The molecule has 1 N–H and O–H groups in total. The summed E-state index contributed by atoms with van der Waals surface area (Å²) in [6, 6.07) is 10.1. The van der Waals surface area contributed by atoms with E-state index in [1.807, 2.05) is 13.8 Å². The molecule has 0 radical (unpaired) electrons. The van der Waals surface area contributed by atoms with Crippen molar-refractivity contribution in [3.63, 3.8) is 0 Å². The minimum atomic E-state index is -0.287. The van der Waals surface area contributed by atoms with Crippen LogP contribution >= 0.6 is 15.9 Å². The third kappa shape index (κ3) is 4.82. The van der Waals surface area contributed by atoms with Crippen LogP contribution in [0.1, 0.15) is 41.5 Å². The molecule has 0 saturated carbocycles. The molecule has 0 spiro atoms. The SMILES string of the molecule is CCOc1cc(C(=O)Nc2ccc(C(C)=O)cc2)cc(OCC)c1Br. The summed E-state index contributed by atoms with van der Waals surface area (Å²) in [5.74, 6) is 0.787. The number of anilines is 1. The van der Waals surface area contributed by atoms with Crippen molar-refractivity contribution in [1.82, 2.24) is 0 Å². The van der Waals surface area contributed by atoms with Crippen molar-refractivity contribution in [1.29, 1.82) is 0 Å². The fourth-order valence-corrected chi connectivity index (χ4v) is 2.67. The van der Waals surface area contributed by atoms with Crippen LogP contribution in [-0.4, -0.2) is 24.9 Å². The summed E-state index contributed by atoms with van der Waals surface area (Å²) in [5, 5.41) is 2.81. The second-order valence-corrected chi connectivity index (χ2v) is 6.03. The molecule has 0 saturated heterocycles. The van der Waals surface area contributed by atoms with E-state index in [2.05, 4.69) is 21.2 Å². The number of halogens is 1. The van der Waals surface area contributed by atoms with Gasteiger partial charge in [-0.1, -0.05) is 0 Å². The molecule has 2 aromatic rings. The number of benzene rings is 2. The molecule has 2 aromatic carbocycles. The van der Waals surface area contributed by atoms with Crippen LogP contribution in [0.25, 0.3) is 0 Å². The first kappa shape index (κ1) is 19.0. The van der Waals surface area contributed by atoms with Crippen molar-refractivity contribution in [2.75, 3.05) is 18.5 Å². The lowest BCUT2D eigenvalue weighted by molar-refractivity contribution is 0.101. The van der Waals surface area contributed by atoms with E-state index < -0.39 is 0 Å². The Morgan fingerprint density at radius 3 is 1.92 bits per heavy atom. The van der Waals surface area contributed by atoms with Crippen LogP contribution < -0.4 is 14.8 Å². The minimum absolute atomic E-state index is 0.0199. The lowest BCUT2D eigenvalue weighted by atomic mass is 10.1. The molecule has 0 aliphatic heterocycles. The molecule has 0 aliphatic carbocycles. The Morgan fingerprint density at radius 1 is 0.960 bits per heavy atom. The fourth-order valence-electron chi connectivity index (χ4n) is 2.22. The highest BCUT2D eigenvalue weighted by Gasteiger charge is 2.15. The molecule has 132 valence electrons. The number of Topliss-reactive ketones (excluding diaryl/α,β-unsaturated/α-hetero) is 1. The van der Waals surface area contributed by atoms with Crippen LogP contribution in [-0.2, 0) is 0 Å². The van der Waals surface area contributed by atoms with Crippen molar-refractivity contribution < 1.29 is 19.1 Å².